The number of amides is 3. The van der Waals surface area contributed by atoms with Gasteiger partial charge in [0.05, 0.1) is 24.8 Å². The van der Waals surface area contributed by atoms with Crippen LogP contribution >= 0.6 is 0 Å². The highest BCUT2D eigenvalue weighted by atomic mass is 16.6. The SMILES string of the molecule is CCOC(=O)[C@@]12CCC(C1)[C@@H](O)CCCCC[C@H](NC(=O)OC(C)(C)C)C(=O)N1C[C@@H](OC(=O)c3ccccc3)C[C@H]1C(=O)N2. The van der Waals surface area contributed by atoms with E-state index in [4.69, 9.17) is 14.2 Å². The molecule has 1 aromatic carbocycles. The lowest BCUT2D eigenvalue weighted by Gasteiger charge is -2.33. The maximum absolute atomic E-state index is 14.1. The molecule has 248 valence electrons. The minimum atomic E-state index is -1.36. The molecule has 2 bridgehead atoms. The lowest BCUT2D eigenvalue weighted by atomic mass is 9.91. The number of nitrogens with zero attached hydrogens (tertiary/aromatic N) is 1. The maximum atomic E-state index is 14.1. The minimum Gasteiger partial charge on any atom is -0.464 e. The molecule has 12 nitrogen and oxygen atoms in total. The van der Waals surface area contributed by atoms with Gasteiger partial charge in [0.1, 0.15) is 29.3 Å². The third-order valence-electron chi connectivity index (χ3n) is 8.74. The molecule has 3 amide bonds. The summed E-state index contributed by atoms with van der Waals surface area (Å²) in [6.07, 6.45) is 1.56. The lowest BCUT2D eigenvalue weighted by molar-refractivity contribution is -0.154. The van der Waals surface area contributed by atoms with Crippen molar-refractivity contribution in [2.24, 2.45) is 5.92 Å². The van der Waals surface area contributed by atoms with Gasteiger partial charge in [-0.15, -0.1) is 0 Å². The van der Waals surface area contributed by atoms with Crippen molar-refractivity contribution in [1.29, 1.82) is 0 Å². The Morgan fingerprint density at radius 3 is 2.47 bits per heavy atom. The Labute approximate surface area is 264 Å². The van der Waals surface area contributed by atoms with Crippen molar-refractivity contribution in [3.8, 4) is 0 Å². The van der Waals surface area contributed by atoms with Crippen LogP contribution in [0, 0.1) is 5.92 Å². The second-order valence-electron chi connectivity index (χ2n) is 13.3. The number of rotatable bonds is 5. The molecule has 12 heteroatoms. The highest BCUT2D eigenvalue weighted by molar-refractivity contribution is 5.95. The zero-order valence-electron chi connectivity index (χ0n) is 26.7. The number of aliphatic hydroxyl groups excluding tert-OH is 1. The normalized spacial score (nSPS) is 29.4. The molecular formula is C33H47N3O9. The van der Waals surface area contributed by atoms with Gasteiger partial charge in [-0.1, -0.05) is 37.5 Å². The number of benzene rings is 1. The fourth-order valence-electron chi connectivity index (χ4n) is 6.54. The van der Waals surface area contributed by atoms with Gasteiger partial charge >= 0.3 is 18.0 Å². The molecule has 0 aromatic heterocycles. The molecule has 1 aliphatic carbocycles. The van der Waals surface area contributed by atoms with Crippen LogP contribution in [0.15, 0.2) is 30.3 Å². The number of esters is 2. The number of fused-ring (bicyclic) bond motifs is 3. The van der Waals surface area contributed by atoms with Gasteiger partial charge < -0.3 is 34.9 Å². The van der Waals surface area contributed by atoms with Gasteiger partial charge in [0, 0.05) is 6.42 Å². The van der Waals surface area contributed by atoms with E-state index in [0.717, 1.165) is 0 Å². The summed E-state index contributed by atoms with van der Waals surface area (Å²) in [6.45, 7) is 6.88. The van der Waals surface area contributed by atoms with Crippen LogP contribution in [0.5, 0.6) is 0 Å². The Balaban J connectivity index is 1.65. The number of hydrogen-bond acceptors (Lipinski definition) is 9. The lowest BCUT2D eigenvalue weighted by Crippen LogP contribution is -2.60. The summed E-state index contributed by atoms with van der Waals surface area (Å²) < 4.78 is 16.6. The molecule has 2 heterocycles. The molecule has 3 aliphatic rings. The molecule has 0 spiro atoms. The van der Waals surface area contributed by atoms with Gasteiger partial charge in [-0.2, -0.15) is 0 Å². The zero-order chi connectivity index (χ0) is 32.8. The van der Waals surface area contributed by atoms with Crippen LogP contribution in [0.3, 0.4) is 0 Å². The first-order chi connectivity index (χ1) is 21.3. The first-order valence-electron chi connectivity index (χ1n) is 16.0. The smallest absolute Gasteiger partial charge is 0.408 e. The van der Waals surface area contributed by atoms with Gasteiger partial charge in [0.25, 0.3) is 0 Å². The van der Waals surface area contributed by atoms with Crippen molar-refractivity contribution >= 4 is 29.8 Å². The highest BCUT2D eigenvalue weighted by Crippen LogP contribution is 2.39. The Hall–Kier alpha value is -3.67. The molecule has 3 N–H and O–H groups in total. The highest BCUT2D eigenvalue weighted by Gasteiger charge is 2.52. The molecule has 4 rings (SSSR count). The Bertz CT molecular complexity index is 1230. The number of nitrogens with one attached hydrogen (secondary N) is 2. The number of carbonyl (C=O) groups excluding carboxylic acids is 5. The summed E-state index contributed by atoms with van der Waals surface area (Å²) in [5.41, 5.74) is -1.82. The fraction of sp³-hybridized carbons (Fsp3) is 0.667. The Morgan fingerprint density at radius 1 is 1.07 bits per heavy atom. The second-order valence-corrected chi connectivity index (χ2v) is 13.3. The van der Waals surface area contributed by atoms with E-state index >= 15 is 0 Å². The maximum Gasteiger partial charge on any atom is 0.408 e. The molecule has 1 saturated carbocycles. The predicted octanol–water partition coefficient (Wildman–Crippen LogP) is 3.25. The van der Waals surface area contributed by atoms with Crippen molar-refractivity contribution in [1.82, 2.24) is 15.5 Å². The third-order valence-corrected chi connectivity index (χ3v) is 8.74. The van der Waals surface area contributed by atoms with E-state index in [9.17, 15) is 29.1 Å². The molecule has 3 fully saturated rings. The number of aliphatic hydroxyl groups is 1. The average Bonchev–Trinajstić information content (AvgIpc) is 3.61. The molecule has 0 radical (unpaired) electrons. The standard InChI is InChI=1S/C33H47N3O9/c1-5-43-30(41)33-17-16-22(19-33)26(37)15-11-7-10-14-24(34-31(42)45-32(2,3)4)28(39)36-20-23(18-25(36)27(38)35-33)44-29(40)21-12-8-6-9-13-21/h6,8-9,12-13,22-26,37H,5,7,10-11,14-20H2,1-4H3,(H,34,42)(H,35,38)/t22?,23-,24-,25-,26-,33+/m0/s1. The second kappa shape index (κ2) is 14.6. The van der Waals surface area contributed by atoms with Gasteiger partial charge in [-0.25, -0.2) is 14.4 Å². The molecule has 2 aliphatic heterocycles. The first kappa shape index (κ1) is 34.2. The summed E-state index contributed by atoms with van der Waals surface area (Å²) in [5, 5.41) is 16.6. The largest absolute Gasteiger partial charge is 0.464 e. The summed E-state index contributed by atoms with van der Waals surface area (Å²) in [6, 6.07) is 6.32. The average molecular weight is 630 g/mol. The number of carbonyl (C=O) groups is 5. The van der Waals surface area contributed by atoms with E-state index in [1.165, 1.54) is 4.90 Å². The Kier molecular flexibility index (Phi) is 11.1. The summed E-state index contributed by atoms with van der Waals surface area (Å²) in [5.74, 6) is -2.47. The van der Waals surface area contributed by atoms with Crippen LogP contribution in [0.1, 0.15) is 95.8 Å². The monoisotopic (exact) mass is 629 g/mol. The van der Waals surface area contributed by atoms with Crippen LogP contribution in [-0.4, -0.2) is 88.4 Å². The van der Waals surface area contributed by atoms with Gasteiger partial charge in [-0.3, -0.25) is 9.59 Å². The van der Waals surface area contributed by atoms with Crippen molar-refractivity contribution in [3.63, 3.8) is 0 Å². The van der Waals surface area contributed by atoms with Crippen LogP contribution in [0.4, 0.5) is 4.79 Å². The van der Waals surface area contributed by atoms with E-state index in [1.54, 1.807) is 58.0 Å². The first-order valence-corrected chi connectivity index (χ1v) is 16.0. The number of alkyl carbamates (subject to hydrolysis) is 1. The number of hydrogen-bond donors (Lipinski definition) is 3. The molecular weight excluding hydrogens is 582 g/mol. The summed E-state index contributed by atoms with van der Waals surface area (Å²) in [7, 11) is 0. The molecule has 6 atom stereocenters. The quantitative estimate of drug-likeness (QED) is 0.328. The molecule has 1 unspecified atom stereocenters. The van der Waals surface area contributed by atoms with Crippen LogP contribution < -0.4 is 10.6 Å². The zero-order valence-corrected chi connectivity index (χ0v) is 26.7. The van der Waals surface area contributed by atoms with Crippen LogP contribution in [0.2, 0.25) is 0 Å². The van der Waals surface area contributed by atoms with E-state index in [0.29, 0.717) is 37.7 Å². The molecule has 1 aromatic rings. The Morgan fingerprint density at radius 2 is 1.78 bits per heavy atom. The molecule has 2 saturated heterocycles. The summed E-state index contributed by atoms with van der Waals surface area (Å²) >= 11 is 0. The van der Waals surface area contributed by atoms with E-state index in [1.807, 2.05) is 0 Å². The van der Waals surface area contributed by atoms with Crippen molar-refractivity contribution in [2.75, 3.05) is 13.2 Å². The van der Waals surface area contributed by atoms with E-state index in [-0.39, 0.29) is 44.8 Å². The fourth-order valence-corrected chi connectivity index (χ4v) is 6.54. The molecule has 45 heavy (non-hydrogen) atoms. The third kappa shape index (κ3) is 8.74. The van der Waals surface area contributed by atoms with E-state index in [2.05, 4.69) is 10.6 Å². The minimum absolute atomic E-state index is 0.000261. The topological polar surface area (TPSA) is 161 Å². The summed E-state index contributed by atoms with van der Waals surface area (Å²) in [4.78, 5) is 68.5. The predicted molar refractivity (Wildman–Crippen MR) is 163 cm³/mol. The van der Waals surface area contributed by atoms with Crippen molar-refractivity contribution < 1.29 is 43.3 Å². The van der Waals surface area contributed by atoms with E-state index < -0.39 is 65.3 Å². The van der Waals surface area contributed by atoms with Crippen LogP contribution in [0.25, 0.3) is 0 Å². The number of ether oxygens (including phenoxy) is 3. The van der Waals surface area contributed by atoms with Crippen LogP contribution in [-0.2, 0) is 28.6 Å². The van der Waals surface area contributed by atoms with Crippen molar-refractivity contribution in [2.45, 2.75) is 121 Å². The van der Waals surface area contributed by atoms with Gasteiger partial charge in [-0.05, 0) is 77.8 Å². The van der Waals surface area contributed by atoms with Gasteiger partial charge in [0.2, 0.25) is 11.8 Å². The van der Waals surface area contributed by atoms with Gasteiger partial charge in [0.15, 0.2) is 0 Å². The van der Waals surface area contributed by atoms with Crippen molar-refractivity contribution in [3.05, 3.63) is 35.9 Å².